The van der Waals surface area contributed by atoms with Crippen LogP contribution in [0.1, 0.15) is 47.4 Å². The van der Waals surface area contributed by atoms with Crippen molar-refractivity contribution in [3.05, 3.63) is 77.4 Å². The molecule has 7 nitrogen and oxygen atoms in total. The van der Waals surface area contributed by atoms with Crippen LogP contribution in [0.15, 0.2) is 54.7 Å². The Balaban J connectivity index is 1.71. The van der Waals surface area contributed by atoms with Gasteiger partial charge in [-0.05, 0) is 56.4 Å². The van der Waals surface area contributed by atoms with Gasteiger partial charge in [-0.2, -0.15) is 0 Å². The van der Waals surface area contributed by atoms with Crippen LogP contribution >= 0.6 is 0 Å². The first-order valence-electron chi connectivity index (χ1n) is 12.6. The Bertz CT molecular complexity index is 1610. The number of pyridine rings is 1. The van der Waals surface area contributed by atoms with Crippen molar-refractivity contribution in [2.24, 2.45) is 13.0 Å². The van der Waals surface area contributed by atoms with Crippen molar-refractivity contribution in [1.29, 1.82) is 0 Å². The maximum atomic E-state index is 15.1. The van der Waals surface area contributed by atoms with Gasteiger partial charge in [0.05, 0.1) is 39.5 Å². The van der Waals surface area contributed by atoms with E-state index in [1.54, 1.807) is 16.9 Å². The van der Waals surface area contributed by atoms with Crippen molar-refractivity contribution in [3.8, 4) is 11.3 Å². The van der Waals surface area contributed by atoms with Crippen LogP contribution < -0.4 is 0 Å². The van der Waals surface area contributed by atoms with Crippen LogP contribution in [0, 0.1) is 18.7 Å². The Kier molecular flexibility index (Phi) is 5.83. The predicted molar refractivity (Wildman–Crippen MR) is 140 cm³/mol. The summed E-state index contributed by atoms with van der Waals surface area (Å²) < 4.78 is 24.8. The number of fused-ring (bicyclic) bond motifs is 3. The Labute approximate surface area is 213 Å². The van der Waals surface area contributed by atoms with Gasteiger partial charge in [0.25, 0.3) is 0 Å². The number of ketones is 1. The van der Waals surface area contributed by atoms with E-state index in [0.29, 0.717) is 30.0 Å². The maximum absolute atomic E-state index is 15.1. The summed E-state index contributed by atoms with van der Waals surface area (Å²) in [4.78, 5) is 17.2. The van der Waals surface area contributed by atoms with E-state index in [1.165, 1.54) is 13.0 Å². The molecular formula is C29H28FN5O2. The van der Waals surface area contributed by atoms with E-state index in [-0.39, 0.29) is 17.4 Å². The Hall–Kier alpha value is -3.91. The molecule has 37 heavy (non-hydrogen) atoms. The van der Waals surface area contributed by atoms with E-state index >= 15 is 4.39 Å². The molecule has 0 spiro atoms. The topological polar surface area (TPSA) is 74.8 Å². The smallest absolute Gasteiger partial charge is 0.162 e. The van der Waals surface area contributed by atoms with Crippen LogP contribution in [0.25, 0.3) is 33.2 Å². The number of halogens is 1. The molecule has 1 atom stereocenters. The lowest BCUT2D eigenvalue weighted by Crippen LogP contribution is -2.27. The highest BCUT2D eigenvalue weighted by Crippen LogP contribution is 2.41. The molecule has 4 heterocycles. The molecule has 1 saturated heterocycles. The van der Waals surface area contributed by atoms with Gasteiger partial charge >= 0.3 is 0 Å². The molecule has 0 bridgehead atoms. The second kappa shape index (κ2) is 9.19. The lowest BCUT2D eigenvalue weighted by atomic mass is 9.86. The second-order valence-corrected chi connectivity index (χ2v) is 9.82. The van der Waals surface area contributed by atoms with E-state index in [4.69, 9.17) is 9.72 Å². The minimum Gasteiger partial charge on any atom is -0.381 e. The van der Waals surface area contributed by atoms with Crippen LogP contribution in [0.4, 0.5) is 4.39 Å². The summed E-state index contributed by atoms with van der Waals surface area (Å²) in [5.41, 5.74) is 6.19. The number of nitrogens with zero attached hydrogens (tertiary/aromatic N) is 5. The number of carbonyl (C=O) groups is 1. The molecule has 3 aromatic heterocycles. The minimum atomic E-state index is -0.529. The van der Waals surface area contributed by atoms with Gasteiger partial charge in [0.15, 0.2) is 5.78 Å². The van der Waals surface area contributed by atoms with Gasteiger partial charge in [-0.25, -0.2) is 9.07 Å². The van der Waals surface area contributed by atoms with Crippen LogP contribution in [0.5, 0.6) is 0 Å². The molecule has 0 saturated carbocycles. The molecular weight excluding hydrogens is 469 g/mol. The van der Waals surface area contributed by atoms with E-state index < -0.39 is 5.82 Å². The molecule has 188 valence electrons. The number of carbonyl (C=O) groups excluding carboxylic acids is 1. The third-order valence-corrected chi connectivity index (χ3v) is 7.51. The first-order valence-corrected chi connectivity index (χ1v) is 12.6. The molecule has 1 unspecified atom stereocenters. The third-order valence-electron chi connectivity index (χ3n) is 7.51. The monoisotopic (exact) mass is 497 g/mol. The highest BCUT2D eigenvalue weighted by molar-refractivity contribution is 6.09. The lowest BCUT2D eigenvalue weighted by molar-refractivity contribution is 0.0553. The van der Waals surface area contributed by atoms with E-state index in [1.807, 2.05) is 32.2 Å². The van der Waals surface area contributed by atoms with Crippen molar-refractivity contribution >= 4 is 27.7 Å². The molecule has 6 rings (SSSR count). The van der Waals surface area contributed by atoms with Crippen molar-refractivity contribution in [2.45, 2.75) is 32.7 Å². The summed E-state index contributed by atoms with van der Waals surface area (Å²) in [6.07, 6.45) is 3.60. The first kappa shape index (κ1) is 23.5. The van der Waals surface area contributed by atoms with Gasteiger partial charge in [-0.15, -0.1) is 5.10 Å². The number of benzene rings is 2. The van der Waals surface area contributed by atoms with E-state index in [2.05, 4.69) is 33.1 Å². The normalized spacial score (nSPS) is 15.5. The predicted octanol–water partition coefficient (Wildman–Crippen LogP) is 5.65. The van der Waals surface area contributed by atoms with E-state index in [0.717, 1.165) is 46.4 Å². The van der Waals surface area contributed by atoms with Gasteiger partial charge < -0.3 is 9.30 Å². The molecule has 8 heteroatoms. The molecule has 0 N–H and O–H groups in total. The molecule has 0 amide bonds. The summed E-state index contributed by atoms with van der Waals surface area (Å²) in [5, 5.41) is 9.07. The fraction of sp³-hybridized carbons (Fsp3) is 0.310. The van der Waals surface area contributed by atoms with Crippen molar-refractivity contribution in [2.75, 3.05) is 13.2 Å². The summed E-state index contributed by atoms with van der Waals surface area (Å²) in [6, 6.07) is 15.6. The summed E-state index contributed by atoms with van der Waals surface area (Å²) >= 11 is 0. The van der Waals surface area contributed by atoms with Crippen LogP contribution in [-0.2, 0) is 11.8 Å². The summed E-state index contributed by atoms with van der Waals surface area (Å²) in [7, 11) is 1.86. The van der Waals surface area contributed by atoms with Crippen molar-refractivity contribution < 1.29 is 13.9 Å². The molecule has 1 fully saturated rings. The maximum Gasteiger partial charge on any atom is 0.162 e. The minimum absolute atomic E-state index is 0.0434. The number of rotatable bonds is 5. The number of Topliss-reactive ketones (excluding diaryl/α,β-unsaturated/α-hetero) is 1. The molecule has 2 aromatic carbocycles. The molecule has 0 aliphatic carbocycles. The van der Waals surface area contributed by atoms with Gasteiger partial charge in [-0.1, -0.05) is 35.5 Å². The summed E-state index contributed by atoms with van der Waals surface area (Å²) in [5.74, 6) is -0.535. The highest BCUT2D eigenvalue weighted by Gasteiger charge is 2.31. The zero-order chi connectivity index (χ0) is 25.7. The Morgan fingerprint density at radius 1 is 1.11 bits per heavy atom. The van der Waals surface area contributed by atoms with Crippen molar-refractivity contribution in [3.63, 3.8) is 0 Å². The standard InChI is InChI=1S/C29H28FN5O2/c1-17-28(34(3)33-32-17)21-13-26-27(31-16-21)23-14-24(30)22(18(2)36)15-25(23)35(26)29(19-7-5-4-6-8-19)20-9-11-37-12-10-20/h4-8,13-16,20,29H,9-12H2,1-3H3. The zero-order valence-corrected chi connectivity index (χ0v) is 21.1. The van der Waals surface area contributed by atoms with Crippen LogP contribution in [-0.4, -0.2) is 43.5 Å². The SMILES string of the molecule is CC(=O)c1cc2c(cc1F)c1ncc(-c3c(C)nnn3C)cc1n2C(c1ccccc1)C1CCOCC1. The first-order chi connectivity index (χ1) is 17.9. The number of hydrogen-bond acceptors (Lipinski definition) is 5. The quantitative estimate of drug-likeness (QED) is 0.293. The molecule has 0 radical (unpaired) electrons. The van der Waals surface area contributed by atoms with Gasteiger partial charge in [0, 0.05) is 37.4 Å². The highest BCUT2D eigenvalue weighted by atomic mass is 19.1. The number of aryl methyl sites for hydroxylation is 2. The average Bonchev–Trinajstić information content (AvgIpc) is 3.40. The largest absolute Gasteiger partial charge is 0.381 e. The molecule has 5 aromatic rings. The van der Waals surface area contributed by atoms with Gasteiger partial charge in [0.2, 0.25) is 0 Å². The van der Waals surface area contributed by atoms with Crippen molar-refractivity contribution in [1.82, 2.24) is 24.5 Å². The fourth-order valence-electron chi connectivity index (χ4n) is 5.79. The average molecular weight is 498 g/mol. The zero-order valence-electron chi connectivity index (χ0n) is 21.1. The third kappa shape index (κ3) is 3.92. The lowest BCUT2D eigenvalue weighted by Gasteiger charge is -2.33. The van der Waals surface area contributed by atoms with Gasteiger partial charge in [0.1, 0.15) is 5.82 Å². The summed E-state index contributed by atoms with van der Waals surface area (Å²) in [6.45, 7) is 4.72. The van der Waals surface area contributed by atoms with Crippen LogP contribution in [0.3, 0.4) is 0 Å². The number of aromatic nitrogens is 5. The number of ether oxygens (including phenoxy) is 1. The fourth-order valence-corrected chi connectivity index (χ4v) is 5.79. The molecule has 1 aliphatic heterocycles. The Morgan fingerprint density at radius 2 is 1.86 bits per heavy atom. The number of hydrogen-bond donors (Lipinski definition) is 0. The second-order valence-electron chi connectivity index (χ2n) is 9.82. The van der Waals surface area contributed by atoms with Gasteiger partial charge in [-0.3, -0.25) is 9.78 Å². The van der Waals surface area contributed by atoms with E-state index in [9.17, 15) is 4.79 Å². The van der Waals surface area contributed by atoms with Crippen LogP contribution in [0.2, 0.25) is 0 Å². The Morgan fingerprint density at radius 3 is 2.54 bits per heavy atom. The molecule has 1 aliphatic rings.